The van der Waals surface area contributed by atoms with Crippen LogP contribution in [0.4, 0.5) is 0 Å². The number of carbonyl (C=O) groups excluding carboxylic acids is 4. The number of aliphatic hydroxyl groups is 4. The molecule has 0 bridgehead atoms. The average molecular weight is 2010 g/mol. The molecular formula is C129H182BN4O13. The van der Waals surface area contributed by atoms with Gasteiger partial charge in [-0.05, 0) is 351 Å². The molecule has 10 aromatic carbocycles. The van der Waals surface area contributed by atoms with E-state index in [1.807, 2.05) is 163 Å². The number of aromatic carboxylic acids is 1. The number of nitrogens with two attached hydrogens (primary N) is 1. The second-order valence-electron chi connectivity index (χ2n) is 41.9. The number of hydrogen-bond donors (Lipinski definition) is 6. The van der Waals surface area contributed by atoms with Crippen LogP contribution in [0, 0.1) is 59.2 Å². The Morgan fingerprint density at radius 2 is 0.517 bits per heavy atom. The van der Waals surface area contributed by atoms with Gasteiger partial charge in [0, 0.05) is 106 Å². The fraction of sp³-hybridized carbons (Fsp3) is 0.496. The summed E-state index contributed by atoms with van der Waals surface area (Å²) in [7, 11) is 10.4. The first-order valence-corrected chi connectivity index (χ1v) is 52.6. The minimum absolute atomic E-state index is 0. The van der Waals surface area contributed by atoms with E-state index < -0.39 is 12.1 Å². The Morgan fingerprint density at radius 1 is 0.306 bits per heavy atom. The number of carboxylic acids is 1. The molecule has 5 aliphatic carbocycles. The van der Waals surface area contributed by atoms with Crippen molar-refractivity contribution in [3.63, 3.8) is 0 Å². The van der Waals surface area contributed by atoms with E-state index in [2.05, 4.69) is 160 Å². The van der Waals surface area contributed by atoms with Crippen LogP contribution in [-0.4, -0.2) is 177 Å². The van der Waals surface area contributed by atoms with Crippen molar-refractivity contribution in [1.29, 1.82) is 0 Å². The molecule has 5 fully saturated rings. The monoisotopic (exact) mass is 2010 g/mol. The highest BCUT2D eigenvalue weighted by molar-refractivity contribution is 5.96. The number of aliphatic hydroxyl groups excluding tert-OH is 4. The molecule has 799 valence electrons. The highest BCUT2D eigenvalue weighted by atomic mass is 16.5. The minimum atomic E-state index is -0.853. The number of ketones is 1. The Morgan fingerprint density at radius 3 is 0.735 bits per heavy atom. The molecule has 18 heteroatoms. The molecule has 0 aromatic heterocycles. The molecule has 0 aliphatic heterocycles. The van der Waals surface area contributed by atoms with Crippen LogP contribution in [0.2, 0.25) is 0 Å². The van der Waals surface area contributed by atoms with Crippen molar-refractivity contribution in [2.45, 2.75) is 287 Å². The number of nitrogens with zero attached hydrogens (tertiary/aromatic N) is 3. The van der Waals surface area contributed by atoms with Gasteiger partial charge in [-0.25, -0.2) is 4.79 Å². The molecular weight excluding hydrogens is 1820 g/mol. The van der Waals surface area contributed by atoms with E-state index in [1.165, 1.54) is 102 Å². The summed E-state index contributed by atoms with van der Waals surface area (Å²) in [6.07, 6.45) is 23.1. The molecule has 5 saturated carbocycles. The number of ether oxygens (including phenoxy) is 3. The largest absolute Gasteiger partial charge is 0.478 e. The van der Waals surface area contributed by atoms with Gasteiger partial charge in [0.05, 0.1) is 48.3 Å². The van der Waals surface area contributed by atoms with Gasteiger partial charge in [0.1, 0.15) is 0 Å². The lowest BCUT2D eigenvalue weighted by atomic mass is 9.85. The molecule has 10 aromatic rings. The van der Waals surface area contributed by atoms with Crippen molar-refractivity contribution < 1.29 is 63.7 Å². The lowest BCUT2D eigenvalue weighted by Gasteiger charge is -2.21. The molecule has 0 heterocycles. The van der Waals surface area contributed by atoms with Crippen LogP contribution in [0.1, 0.15) is 332 Å². The Labute approximate surface area is 887 Å². The third-order valence-electron chi connectivity index (χ3n) is 30.9. The number of benzene rings is 10. The highest BCUT2D eigenvalue weighted by Crippen LogP contribution is 2.47. The number of carbonyl (C=O) groups is 5. The predicted molar refractivity (Wildman–Crippen MR) is 608 cm³/mol. The van der Waals surface area contributed by atoms with Crippen LogP contribution < -0.4 is 5.73 Å². The van der Waals surface area contributed by atoms with E-state index in [-0.39, 0.29) is 98.2 Å². The first-order valence-electron chi connectivity index (χ1n) is 52.6. The van der Waals surface area contributed by atoms with Crippen molar-refractivity contribution in [3.8, 4) is 0 Å². The molecule has 15 rings (SSSR count). The van der Waals surface area contributed by atoms with Gasteiger partial charge in [0.15, 0.2) is 5.78 Å². The molecule has 3 radical (unpaired) electrons. The van der Waals surface area contributed by atoms with E-state index in [9.17, 15) is 39.3 Å². The van der Waals surface area contributed by atoms with Crippen LogP contribution in [0.25, 0.3) is 0 Å². The van der Waals surface area contributed by atoms with Crippen LogP contribution in [-0.2, 0) is 46.3 Å². The smallest absolute Gasteiger partial charge is 0.335 e. The summed E-state index contributed by atoms with van der Waals surface area (Å²) in [6, 6.07) is 92.3. The Balaban J connectivity index is 0.000000317. The van der Waals surface area contributed by atoms with Gasteiger partial charge in [-0.1, -0.05) is 275 Å². The molecule has 3 amide bonds. The lowest BCUT2D eigenvalue weighted by molar-refractivity contribution is 0.0597. The van der Waals surface area contributed by atoms with Crippen molar-refractivity contribution in [2.24, 2.45) is 64.9 Å². The average Bonchev–Trinajstić information content (AvgIpc) is 1.80. The number of likely N-dealkylation sites (N-methyl/N-ethyl adjacent to an activating group) is 3. The molecule has 0 saturated heterocycles. The highest BCUT2D eigenvalue weighted by Gasteiger charge is 2.36. The summed E-state index contributed by atoms with van der Waals surface area (Å²) >= 11 is 0. The number of rotatable bonds is 38. The maximum Gasteiger partial charge on any atom is 0.335 e. The first-order chi connectivity index (χ1) is 68.3. The molecule has 20 atom stereocenters. The van der Waals surface area contributed by atoms with Crippen molar-refractivity contribution in [1.82, 2.24) is 14.7 Å². The second-order valence-corrected chi connectivity index (χ2v) is 41.9. The zero-order chi connectivity index (χ0) is 102. The van der Waals surface area contributed by atoms with E-state index in [1.54, 1.807) is 62.0 Å². The van der Waals surface area contributed by atoms with Gasteiger partial charge >= 0.3 is 5.97 Å². The number of Topliss-reactive ketones (excluding diaryl/α,β-unsaturated/α-hetero) is 1. The van der Waals surface area contributed by atoms with E-state index in [4.69, 9.17) is 30.2 Å². The standard InChI is InChI=1S/C26H35NO2.2C25H33NO3.C25H32O2.C21H24O2.C3H9NO.4CH4.B/c1-19(29-4)18-27(3)26(28)24-13-10-21(11-14-24)16-22-12-15-25(17-22)20(2)23-8-6-5-7-9-23;2*1-18(29-3)17-26(2)25(28)22-12-9-19(10-13-22)15-20-11-14-23(16-20)24(27)21-7-5-4-6-8-21;1-18(26)8-15-25(27)23-12-9-20(10-13-23)16-21-11-14-24(17-21)19(2)22-6-4-3-5-7-22;1-15(18-5-3-2-4-6-18)20-12-9-17(14-20)13-16-7-10-19(11-8-16)21(22)23;1-3(5)2-4;;;;;/h5-11,13-14,19-20,22,25H,12,15-18H2,1-4H3;2*4-10,12-13,18,20,23-24,27H,11,14-17H2,1-3H3;3-7,9-10,12-13,18-19,21,24,26H,8,11,14-17H2,1-2H3;2-8,10-11,15,17,20H,9,12-14H2,1H3,(H,22,23);3,5H,2,4H2,1H3;4*1H4;/t19?,20-,22?,25+;18?,20?,23-,24+;18?,20-,23-,24+;18?,19-,21?,24+;15-,17?,20+;;;;;;/m10011....../s1. The number of methoxy groups -OCH3 is 3. The summed E-state index contributed by atoms with van der Waals surface area (Å²) in [4.78, 5) is 65.9. The Kier molecular flexibility index (Phi) is 57.1. The van der Waals surface area contributed by atoms with Crippen LogP contribution in [0.3, 0.4) is 0 Å². The quantitative estimate of drug-likeness (QED) is 0.0156. The van der Waals surface area contributed by atoms with Crippen molar-refractivity contribution in [3.05, 3.63) is 356 Å². The van der Waals surface area contributed by atoms with Gasteiger partial charge < -0.3 is 60.2 Å². The third kappa shape index (κ3) is 41.4. The summed E-state index contributed by atoms with van der Waals surface area (Å²) in [5, 5.41) is 47.9. The molecule has 17 nitrogen and oxygen atoms in total. The molecule has 147 heavy (non-hydrogen) atoms. The summed E-state index contributed by atoms with van der Waals surface area (Å²) in [6.45, 7) is 18.5. The molecule has 0 spiro atoms. The summed E-state index contributed by atoms with van der Waals surface area (Å²) < 4.78 is 15.7. The Bertz CT molecular complexity index is 4970. The Hall–Kier alpha value is -10.5. The maximum absolute atomic E-state index is 12.6. The summed E-state index contributed by atoms with van der Waals surface area (Å²) in [5.41, 5.74) is 21.1. The van der Waals surface area contributed by atoms with Gasteiger partial charge in [0.25, 0.3) is 17.7 Å². The number of carboxylic acid groups (broad SMARTS) is 1. The van der Waals surface area contributed by atoms with Gasteiger partial charge in [-0.2, -0.15) is 0 Å². The van der Waals surface area contributed by atoms with Crippen LogP contribution in [0.5, 0.6) is 0 Å². The minimum Gasteiger partial charge on any atom is -0.478 e. The van der Waals surface area contributed by atoms with Crippen LogP contribution >= 0.6 is 0 Å². The molecule has 5 aliphatic rings. The topological polar surface area (TPSA) is 250 Å². The van der Waals surface area contributed by atoms with E-state index in [0.29, 0.717) is 97.1 Å². The number of hydrogen-bond acceptors (Lipinski definition) is 13. The van der Waals surface area contributed by atoms with Gasteiger partial charge in [-0.3, -0.25) is 19.2 Å². The maximum atomic E-state index is 12.6. The SMILES string of the molecule is C.C.C.C.CC(O)CCC(=O)c1ccc(CC2CC[C@H]([C@H](C)c3ccccc3)C2)cc1.CC(O)CN.COC(C)CN(C)C(=O)c1ccc(CC2CC[C@H]([C@H](C)c3ccccc3)C2)cc1.COC(C)CN(C)C(=O)c1ccc(CC2CC[C@H]([C@H](O)c3ccccc3)C2)cc1.COC(C)CN(C)C(=O)c1ccc(C[C@@H]2CC[C@H]([C@H](O)c3ccccc3)C2)cc1.C[C@H](c1ccccc1)[C@H]1CCC(Cc2ccc(C(=O)O)cc2)C1.[B]. The zero-order valence-corrected chi connectivity index (χ0v) is 87.9. The van der Waals surface area contributed by atoms with Crippen molar-refractivity contribution in [2.75, 3.05) is 68.7 Å². The van der Waals surface area contributed by atoms with E-state index in [0.717, 1.165) is 128 Å². The zero-order valence-electron chi connectivity index (χ0n) is 87.9. The van der Waals surface area contributed by atoms with E-state index >= 15 is 0 Å². The van der Waals surface area contributed by atoms with Gasteiger partial charge in [-0.15, -0.1) is 0 Å². The number of amides is 3. The first kappa shape index (κ1) is 127. The van der Waals surface area contributed by atoms with Crippen molar-refractivity contribution >= 4 is 37.9 Å². The fourth-order valence-corrected chi connectivity index (χ4v) is 21.8. The summed E-state index contributed by atoms with van der Waals surface area (Å²) in [5.74, 6) is 7.63. The fourth-order valence-electron chi connectivity index (χ4n) is 21.8. The third-order valence-corrected chi connectivity index (χ3v) is 30.9. The lowest BCUT2D eigenvalue weighted by Crippen LogP contribution is -2.33. The second kappa shape index (κ2) is 66.1. The normalized spacial score (nSPS) is 20.3. The van der Waals surface area contributed by atoms with Gasteiger partial charge in [0.2, 0.25) is 0 Å². The predicted octanol–water partition coefficient (Wildman–Crippen LogP) is 27.0. The molecule has 7 N–H and O–H groups in total. The molecule has 9 unspecified atom stereocenters. The van der Waals surface area contributed by atoms with Crippen LogP contribution in [0.15, 0.2) is 273 Å².